The van der Waals surface area contributed by atoms with Gasteiger partial charge in [0.2, 0.25) is 0 Å². The van der Waals surface area contributed by atoms with Gasteiger partial charge in [0.1, 0.15) is 5.56 Å². The zero-order valence-corrected chi connectivity index (χ0v) is 17.7. The van der Waals surface area contributed by atoms with Gasteiger partial charge in [0.25, 0.3) is 5.91 Å². The number of hydrogen-bond acceptors (Lipinski definition) is 4. The van der Waals surface area contributed by atoms with E-state index in [0.29, 0.717) is 29.4 Å². The highest BCUT2D eigenvalue weighted by atomic mass is 35.5. The van der Waals surface area contributed by atoms with E-state index < -0.39 is 0 Å². The van der Waals surface area contributed by atoms with Crippen molar-refractivity contribution in [2.75, 3.05) is 18.4 Å². The molecule has 2 aromatic carbocycles. The minimum atomic E-state index is -0.0769. The van der Waals surface area contributed by atoms with Crippen molar-refractivity contribution in [1.82, 2.24) is 10.1 Å². The number of carbonyl (C=O) groups is 1. The second-order valence-electron chi connectivity index (χ2n) is 7.43. The fourth-order valence-electron chi connectivity index (χ4n) is 3.66. The third-order valence-corrected chi connectivity index (χ3v) is 5.40. The number of nitrogens with one attached hydrogen (secondary N) is 1. The summed E-state index contributed by atoms with van der Waals surface area (Å²) in [7, 11) is 0. The van der Waals surface area contributed by atoms with Crippen molar-refractivity contribution >= 4 is 29.0 Å². The van der Waals surface area contributed by atoms with Gasteiger partial charge in [0.05, 0.1) is 18.1 Å². The van der Waals surface area contributed by atoms with Crippen molar-refractivity contribution < 1.29 is 9.32 Å². The van der Waals surface area contributed by atoms with Crippen molar-refractivity contribution in [2.45, 2.75) is 26.3 Å². The third kappa shape index (κ3) is 4.39. The summed E-state index contributed by atoms with van der Waals surface area (Å²) in [5.74, 6) is 1.24. The molecular formula is C23H23ClN4O2. The molecule has 1 saturated heterocycles. The quantitative estimate of drug-likeness (QED) is 0.472. The van der Waals surface area contributed by atoms with Crippen LogP contribution in [0.2, 0.25) is 5.02 Å². The first-order valence-corrected chi connectivity index (χ1v) is 10.3. The number of aryl methyl sites for hydroxylation is 1. The summed E-state index contributed by atoms with van der Waals surface area (Å²) in [5, 5.41) is 7.89. The highest BCUT2D eigenvalue weighted by Crippen LogP contribution is 2.26. The number of nitrogens with zero attached hydrogens (tertiary/aromatic N) is 3. The zero-order chi connectivity index (χ0) is 21.1. The number of amidine groups is 1. The van der Waals surface area contributed by atoms with E-state index in [4.69, 9.17) is 21.1 Å². The summed E-state index contributed by atoms with van der Waals surface area (Å²) in [6, 6.07) is 15.3. The van der Waals surface area contributed by atoms with Gasteiger partial charge in [-0.05, 0) is 44.0 Å². The van der Waals surface area contributed by atoms with Crippen molar-refractivity contribution in [1.29, 1.82) is 0 Å². The van der Waals surface area contributed by atoms with E-state index in [1.807, 2.05) is 67.3 Å². The molecule has 7 heteroatoms. The van der Waals surface area contributed by atoms with Gasteiger partial charge in [-0.2, -0.15) is 0 Å². The van der Waals surface area contributed by atoms with Crippen LogP contribution in [0.3, 0.4) is 0 Å². The molecule has 1 unspecified atom stereocenters. The highest BCUT2D eigenvalue weighted by Gasteiger charge is 2.30. The minimum Gasteiger partial charge on any atom is -0.355 e. The lowest BCUT2D eigenvalue weighted by molar-refractivity contribution is 0.0791. The SMILES string of the molecule is CC(=NC1CCN(C(=O)c2cnoc2-c2ccccc2)C1)Nc1ccc(Cl)cc1C. The normalized spacial score (nSPS) is 16.7. The van der Waals surface area contributed by atoms with Gasteiger partial charge in [-0.15, -0.1) is 0 Å². The van der Waals surface area contributed by atoms with Crippen LogP contribution in [0.15, 0.2) is 64.2 Å². The van der Waals surface area contributed by atoms with Crippen molar-refractivity contribution in [2.24, 2.45) is 4.99 Å². The van der Waals surface area contributed by atoms with Gasteiger partial charge in [-0.3, -0.25) is 9.79 Å². The second-order valence-corrected chi connectivity index (χ2v) is 7.86. The Morgan fingerprint density at radius 2 is 2.07 bits per heavy atom. The number of carbonyl (C=O) groups excluding carboxylic acids is 1. The first-order valence-electron chi connectivity index (χ1n) is 9.88. The molecule has 1 N–H and O–H groups in total. The molecule has 3 aromatic rings. The molecule has 2 heterocycles. The molecule has 1 amide bonds. The molecule has 4 rings (SSSR count). The molecule has 0 radical (unpaired) electrons. The maximum Gasteiger partial charge on any atom is 0.259 e. The van der Waals surface area contributed by atoms with Crippen LogP contribution in [0.25, 0.3) is 11.3 Å². The maximum absolute atomic E-state index is 13.1. The van der Waals surface area contributed by atoms with Crippen LogP contribution >= 0.6 is 11.6 Å². The molecule has 0 spiro atoms. The van der Waals surface area contributed by atoms with Gasteiger partial charge in [-0.25, -0.2) is 0 Å². The standard InChI is InChI=1S/C23H23ClN4O2/c1-15-12-18(24)8-9-21(15)27-16(2)26-19-10-11-28(14-19)23(29)20-13-25-30-22(20)17-6-4-3-5-7-17/h3-9,12-13,19H,10-11,14H2,1-2H3,(H,26,27). The van der Waals surface area contributed by atoms with Crippen molar-refractivity contribution in [3.8, 4) is 11.3 Å². The number of rotatable bonds is 4. The zero-order valence-electron chi connectivity index (χ0n) is 16.9. The van der Waals surface area contributed by atoms with Gasteiger partial charge in [-0.1, -0.05) is 47.1 Å². The van der Waals surface area contributed by atoms with E-state index in [1.165, 1.54) is 6.20 Å². The number of benzene rings is 2. The number of halogens is 1. The Hall–Kier alpha value is -3.12. The lowest BCUT2D eigenvalue weighted by Gasteiger charge is -2.15. The minimum absolute atomic E-state index is 0.0501. The summed E-state index contributed by atoms with van der Waals surface area (Å²) < 4.78 is 5.36. The van der Waals surface area contributed by atoms with Gasteiger partial charge in [0.15, 0.2) is 5.76 Å². The topological polar surface area (TPSA) is 70.7 Å². The lowest BCUT2D eigenvalue weighted by Crippen LogP contribution is -2.29. The summed E-state index contributed by atoms with van der Waals surface area (Å²) in [6.45, 7) is 5.16. The van der Waals surface area contributed by atoms with Crippen molar-refractivity contribution in [3.63, 3.8) is 0 Å². The summed E-state index contributed by atoms with van der Waals surface area (Å²) >= 11 is 6.02. The first kappa shape index (κ1) is 20.2. The van der Waals surface area contributed by atoms with E-state index in [0.717, 1.165) is 29.1 Å². The monoisotopic (exact) mass is 422 g/mol. The lowest BCUT2D eigenvalue weighted by atomic mass is 10.1. The van der Waals surface area contributed by atoms with Crippen LogP contribution in [0, 0.1) is 6.92 Å². The van der Waals surface area contributed by atoms with E-state index in [-0.39, 0.29) is 11.9 Å². The van der Waals surface area contributed by atoms with E-state index >= 15 is 0 Å². The first-order chi connectivity index (χ1) is 14.5. The Labute approximate surface area is 180 Å². The number of likely N-dealkylation sites (tertiary alicyclic amines) is 1. The number of anilines is 1. The predicted molar refractivity (Wildman–Crippen MR) is 119 cm³/mol. The summed E-state index contributed by atoms with van der Waals surface area (Å²) in [6.07, 6.45) is 2.31. The molecule has 1 atom stereocenters. The molecule has 0 bridgehead atoms. The Morgan fingerprint density at radius 1 is 1.27 bits per heavy atom. The number of hydrogen-bond donors (Lipinski definition) is 1. The molecule has 6 nitrogen and oxygen atoms in total. The van der Waals surface area contributed by atoms with Crippen LogP contribution in [0.4, 0.5) is 5.69 Å². The fourth-order valence-corrected chi connectivity index (χ4v) is 3.89. The Balaban J connectivity index is 1.43. The average Bonchev–Trinajstić information content (AvgIpc) is 3.40. The Kier molecular flexibility index (Phi) is 5.86. The van der Waals surface area contributed by atoms with Crippen LogP contribution in [0.5, 0.6) is 0 Å². The molecule has 1 aliphatic heterocycles. The molecule has 1 fully saturated rings. The van der Waals surface area contributed by atoms with Crippen molar-refractivity contribution in [3.05, 3.63) is 70.9 Å². The molecule has 1 aliphatic rings. The third-order valence-electron chi connectivity index (χ3n) is 5.17. The number of aromatic nitrogens is 1. The largest absolute Gasteiger partial charge is 0.355 e. The van der Waals surface area contributed by atoms with Crippen LogP contribution in [-0.2, 0) is 0 Å². The Morgan fingerprint density at radius 3 is 2.83 bits per heavy atom. The second kappa shape index (κ2) is 8.71. The fraction of sp³-hybridized carbons (Fsp3) is 0.261. The molecule has 1 aromatic heterocycles. The van der Waals surface area contributed by atoms with Crippen LogP contribution in [-0.4, -0.2) is 40.9 Å². The predicted octanol–water partition coefficient (Wildman–Crippen LogP) is 5.05. The summed E-state index contributed by atoms with van der Waals surface area (Å²) in [4.78, 5) is 19.6. The van der Waals surface area contributed by atoms with Gasteiger partial charge in [0, 0.05) is 29.4 Å². The summed E-state index contributed by atoms with van der Waals surface area (Å²) in [5.41, 5.74) is 3.35. The molecule has 0 aliphatic carbocycles. The molecule has 30 heavy (non-hydrogen) atoms. The van der Waals surface area contributed by atoms with Crippen LogP contribution in [0.1, 0.15) is 29.3 Å². The van der Waals surface area contributed by atoms with E-state index in [9.17, 15) is 4.79 Å². The van der Waals surface area contributed by atoms with E-state index in [2.05, 4.69) is 10.5 Å². The molecule has 0 saturated carbocycles. The van der Waals surface area contributed by atoms with E-state index in [1.54, 1.807) is 0 Å². The van der Waals surface area contributed by atoms with Crippen LogP contribution < -0.4 is 5.32 Å². The van der Waals surface area contributed by atoms with Gasteiger partial charge >= 0.3 is 0 Å². The Bertz CT molecular complexity index is 1080. The highest BCUT2D eigenvalue weighted by molar-refractivity contribution is 6.30. The van der Waals surface area contributed by atoms with Gasteiger partial charge < -0.3 is 14.7 Å². The average molecular weight is 423 g/mol. The smallest absolute Gasteiger partial charge is 0.259 e. The maximum atomic E-state index is 13.1. The molecular weight excluding hydrogens is 400 g/mol. The number of amides is 1. The molecule has 154 valence electrons. The number of aliphatic imine (C=N–C) groups is 1.